The molecule has 0 aromatic heterocycles. The SMILES string of the molecule is CCOC(=O)C1=C(C)NC2=CCCC(=O)C2C1c1ccc(OCc2ccc(Cl)cc2)c(OC)c1. The van der Waals surface area contributed by atoms with Gasteiger partial charge in [0.1, 0.15) is 12.4 Å². The maximum atomic E-state index is 13.0. The highest BCUT2D eigenvalue weighted by molar-refractivity contribution is 6.30. The first-order valence-corrected chi connectivity index (χ1v) is 11.7. The molecule has 0 amide bonds. The molecule has 4 rings (SSSR count). The molecule has 2 aliphatic rings. The van der Waals surface area contributed by atoms with Gasteiger partial charge in [-0.3, -0.25) is 4.79 Å². The zero-order valence-electron chi connectivity index (χ0n) is 19.5. The summed E-state index contributed by atoms with van der Waals surface area (Å²) in [6, 6.07) is 13.0. The summed E-state index contributed by atoms with van der Waals surface area (Å²) in [7, 11) is 1.57. The Morgan fingerprint density at radius 3 is 2.59 bits per heavy atom. The van der Waals surface area contributed by atoms with E-state index in [4.69, 9.17) is 25.8 Å². The third-order valence-corrected chi connectivity index (χ3v) is 6.42. The van der Waals surface area contributed by atoms with Crippen molar-refractivity contribution >= 4 is 23.4 Å². The standard InChI is InChI=1S/C27H28ClNO5/c1-4-33-27(31)24-16(2)29-20-6-5-7-21(30)26(20)25(24)18-10-13-22(23(14-18)32-3)34-15-17-8-11-19(28)12-9-17/h6,8-14,25-26,29H,4-5,7,15H2,1-3H3. The summed E-state index contributed by atoms with van der Waals surface area (Å²) >= 11 is 5.96. The predicted molar refractivity (Wildman–Crippen MR) is 130 cm³/mol. The second-order valence-corrected chi connectivity index (χ2v) is 8.77. The number of hydrogen-bond donors (Lipinski definition) is 1. The van der Waals surface area contributed by atoms with Crippen molar-refractivity contribution in [1.29, 1.82) is 0 Å². The number of carbonyl (C=O) groups excluding carboxylic acids is 2. The minimum atomic E-state index is -0.474. The third-order valence-electron chi connectivity index (χ3n) is 6.17. The van der Waals surface area contributed by atoms with Crippen LogP contribution in [0.1, 0.15) is 43.7 Å². The Balaban J connectivity index is 1.70. The van der Waals surface area contributed by atoms with Crippen LogP contribution in [0.5, 0.6) is 11.5 Å². The van der Waals surface area contributed by atoms with Crippen LogP contribution in [0.4, 0.5) is 0 Å². The lowest BCUT2D eigenvalue weighted by molar-refractivity contribution is -0.139. The molecule has 6 nitrogen and oxygen atoms in total. The van der Waals surface area contributed by atoms with Crippen LogP contribution in [0, 0.1) is 5.92 Å². The Morgan fingerprint density at radius 2 is 1.88 bits per heavy atom. The van der Waals surface area contributed by atoms with E-state index < -0.39 is 17.8 Å². The fourth-order valence-corrected chi connectivity index (χ4v) is 4.72. The Morgan fingerprint density at radius 1 is 1.12 bits per heavy atom. The second kappa shape index (κ2) is 10.3. The van der Waals surface area contributed by atoms with Gasteiger partial charge in [-0.2, -0.15) is 0 Å². The Kier molecular flexibility index (Phi) is 7.27. The highest BCUT2D eigenvalue weighted by atomic mass is 35.5. The topological polar surface area (TPSA) is 73.9 Å². The van der Waals surface area contributed by atoms with Crippen LogP contribution >= 0.6 is 11.6 Å². The minimum absolute atomic E-state index is 0.103. The van der Waals surface area contributed by atoms with Crippen molar-refractivity contribution in [2.45, 2.75) is 39.2 Å². The van der Waals surface area contributed by atoms with Crippen LogP contribution < -0.4 is 14.8 Å². The molecule has 2 unspecified atom stereocenters. The Bertz CT molecular complexity index is 1150. The van der Waals surface area contributed by atoms with E-state index in [0.717, 1.165) is 16.8 Å². The van der Waals surface area contributed by atoms with Crippen molar-refractivity contribution in [2.75, 3.05) is 13.7 Å². The average Bonchev–Trinajstić information content (AvgIpc) is 2.83. The Hall–Kier alpha value is -3.25. The molecule has 2 aromatic rings. The number of methoxy groups -OCH3 is 1. The molecular weight excluding hydrogens is 454 g/mol. The van der Waals surface area contributed by atoms with Crippen LogP contribution in [0.2, 0.25) is 5.02 Å². The van der Waals surface area contributed by atoms with Gasteiger partial charge >= 0.3 is 5.97 Å². The molecule has 0 spiro atoms. The number of ether oxygens (including phenoxy) is 3. The van der Waals surface area contributed by atoms with Gasteiger partial charge in [0, 0.05) is 28.8 Å². The number of rotatable bonds is 7. The minimum Gasteiger partial charge on any atom is -0.493 e. The third kappa shape index (κ3) is 4.82. The van der Waals surface area contributed by atoms with Crippen molar-refractivity contribution in [3.8, 4) is 11.5 Å². The number of hydrogen-bond acceptors (Lipinski definition) is 6. The molecule has 1 aliphatic carbocycles. The summed E-state index contributed by atoms with van der Waals surface area (Å²) < 4.78 is 17.0. The lowest BCUT2D eigenvalue weighted by Gasteiger charge is -2.38. The lowest BCUT2D eigenvalue weighted by atomic mass is 9.71. The first-order valence-electron chi connectivity index (χ1n) is 11.4. The molecule has 0 bridgehead atoms. The number of ketones is 1. The molecule has 2 aromatic carbocycles. The van der Waals surface area contributed by atoms with Crippen molar-refractivity contribution < 1.29 is 23.8 Å². The molecule has 1 N–H and O–H groups in total. The van der Waals surface area contributed by atoms with Gasteiger partial charge < -0.3 is 19.5 Å². The molecule has 0 radical (unpaired) electrons. The number of fused-ring (bicyclic) bond motifs is 1. The van der Waals surface area contributed by atoms with E-state index >= 15 is 0 Å². The van der Waals surface area contributed by atoms with E-state index in [-0.39, 0.29) is 12.4 Å². The normalized spacial score (nSPS) is 19.6. The molecular formula is C27H28ClNO5. The zero-order chi connectivity index (χ0) is 24.2. The van der Waals surface area contributed by atoms with Crippen LogP contribution in [-0.4, -0.2) is 25.5 Å². The molecule has 34 heavy (non-hydrogen) atoms. The summed E-state index contributed by atoms with van der Waals surface area (Å²) in [6.07, 6.45) is 3.18. The molecule has 1 aliphatic heterocycles. The average molecular weight is 482 g/mol. The zero-order valence-corrected chi connectivity index (χ0v) is 20.3. The van der Waals surface area contributed by atoms with Crippen LogP contribution in [-0.2, 0) is 20.9 Å². The molecule has 7 heteroatoms. The molecule has 1 heterocycles. The van der Waals surface area contributed by atoms with E-state index in [1.807, 2.05) is 55.5 Å². The predicted octanol–water partition coefficient (Wildman–Crippen LogP) is 5.31. The number of allylic oxidation sites excluding steroid dienone is 3. The fraction of sp³-hybridized carbons (Fsp3) is 0.333. The monoisotopic (exact) mass is 481 g/mol. The van der Waals surface area contributed by atoms with Gasteiger partial charge in [-0.1, -0.05) is 35.9 Å². The van der Waals surface area contributed by atoms with Gasteiger partial charge in [0.05, 0.1) is 25.2 Å². The number of halogens is 1. The van der Waals surface area contributed by atoms with Crippen molar-refractivity contribution in [3.63, 3.8) is 0 Å². The fourth-order valence-electron chi connectivity index (χ4n) is 4.59. The van der Waals surface area contributed by atoms with Crippen molar-refractivity contribution in [1.82, 2.24) is 5.32 Å². The van der Waals surface area contributed by atoms with Crippen molar-refractivity contribution in [3.05, 3.63) is 81.7 Å². The summed E-state index contributed by atoms with van der Waals surface area (Å²) in [6.45, 7) is 4.22. The van der Waals surface area contributed by atoms with Crippen molar-refractivity contribution in [2.24, 2.45) is 5.92 Å². The highest BCUT2D eigenvalue weighted by Gasteiger charge is 2.43. The number of Topliss-reactive ketones (excluding diaryl/α,β-unsaturated/α-hetero) is 1. The summed E-state index contributed by atoms with van der Waals surface area (Å²) in [5, 5.41) is 3.94. The van der Waals surface area contributed by atoms with E-state index in [1.165, 1.54) is 0 Å². The van der Waals surface area contributed by atoms with Crippen LogP contribution in [0.15, 0.2) is 65.5 Å². The molecule has 0 saturated carbocycles. The smallest absolute Gasteiger partial charge is 0.336 e. The first-order chi connectivity index (χ1) is 16.4. The largest absolute Gasteiger partial charge is 0.493 e. The number of nitrogens with one attached hydrogen (secondary N) is 1. The summed E-state index contributed by atoms with van der Waals surface area (Å²) in [4.78, 5) is 26.0. The highest BCUT2D eigenvalue weighted by Crippen LogP contribution is 2.45. The lowest BCUT2D eigenvalue weighted by Crippen LogP contribution is -2.40. The molecule has 0 fully saturated rings. The quantitative estimate of drug-likeness (QED) is 0.540. The van der Waals surface area contributed by atoms with Gasteiger partial charge in [0.2, 0.25) is 0 Å². The van der Waals surface area contributed by atoms with Gasteiger partial charge in [-0.25, -0.2) is 4.79 Å². The number of benzene rings is 2. The Labute approximate surface area is 204 Å². The van der Waals surface area contributed by atoms with Gasteiger partial charge in [0.15, 0.2) is 11.5 Å². The van der Waals surface area contributed by atoms with Crippen LogP contribution in [0.3, 0.4) is 0 Å². The summed E-state index contributed by atoms with van der Waals surface area (Å²) in [5.41, 5.74) is 3.78. The van der Waals surface area contributed by atoms with Gasteiger partial charge in [-0.15, -0.1) is 0 Å². The van der Waals surface area contributed by atoms with E-state index in [9.17, 15) is 9.59 Å². The number of carbonyl (C=O) groups is 2. The molecule has 2 atom stereocenters. The second-order valence-electron chi connectivity index (χ2n) is 8.33. The maximum Gasteiger partial charge on any atom is 0.336 e. The van der Waals surface area contributed by atoms with Gasteiger partial charge in [-0.05, 0) is 55.7 Å². The van der Waals surface area contributed by atoms with E-state index in [0.29, 0.717) is 47.2 Å². The first kappa shape index (κ1) is 23.9. The maximum absolute atomic E-state index is 13.0. The van der Waals surface area contributed by atoms with Gasteiger partial charge in [0.25, 0.3) is 0 Å². The van der Waals surface area contributed by atoms with E-state index in [1.54, 1.807) is 14.0 Å². The summed E-state index contributed by atoms with van der Waals surface area (Å²) in [5.74, 6) is -0.164. The molecule has 178 valence electrons. The number of esters is 1. The molecule has 0 saturated heterocycles. The van der Waals surface area contributed by atoms with E-state index in [2.05, 4.69) is 5.32 Å². The van der Waals surface area contributed by atoms with Crippen LogP contribution in [0.25, 0.3) is 0 Å².